The second kappa shape index (κ2) is 11.2. The van der Waals surface area contributed by atoms with E-state index in [0.717, 1.165) is 36.9 Å². The number of aromatic nitrogens is 2. The van der Waals surface area contributed by atoms with Crippen molar-refractivity contribution in [1.82, 2.24) is 14.5 Å². The summed E-state index contributed by atoms with van der Waals surface area (Å²) in [6.07, 6.45) is 5.54. The van der Waals surface area contributed by atoms with Gasteiger partial charge in [0.2, 0.25) is 0 Å². The Morgan fingerprint density at radius 2 is 1.72 bits per heavy atom. The molecule has 0 saturated heterocycles. The van der Waals surface area contributed by atoms with Gasteiger partial charge in [0.05, 0.1) is 29.7 Å². The van der Waals surface area contributed by atoms with Crippen LogP contribution in [0.2, 0.25) is 0 Å². The van der Waals surface area contributed by atoms with Gasteiger partial charge in [-0.15, -0.1) is 0 Å². The van der Waals surface area contributed by atoms with Crippen LogP contribution in [0.3, 0.4) is 0 Å². The molecule has 0 aliphatic heterocycles. The molecule has 1 aliphatic carbocycles. The molecule has 184 valence electrons. The topological polar surface area (TPSA) is 104 Å². The van der Waals surface area contributed by atoms with E-state index in [1.54, 1.807) is 23.8 Å². The highest BCUT2D eigenvalue weighted by Crippen LogP contribution is 2.40. The molecule has 1 fully saturated rings. The van der Waals surface area contributed by atoms with Crippen LogP contribution in [0, 0.1) is 29.6 Å². The van der Waals surface area contributed by atoms with Crippen molar-refractivity contribution in [2.45, 2.75) is 63.6 Å². The standard InChI is InChI=1S/C29H31N5O2/c1-22-19-33(28(36)34(27(22)35)20-23-8-3-2-4-9-23)17-7-16-32-25-12-14-29(21-31,15-13-25)26-11-6-5-10-24(26)18-30/h2-6,8-11,19,25,32H,7,12-17,20H2,1H3/t25-,29-. The van der Waals surface area contributed by atoms with Crippen LogP contribution in [-0.4, -0.2) is 21.7 Å². The highest BCUT2D eigenvalue weighted by molar-refractivity contribution is 5.46. The van der Waals surface area contributed by atoms with E-state index < -0.39 is 5.41 Å². The third kappa shape index (κ3) is 5.32. The van der Waals surface area contributed by atoms with Crippen molar-refractivity contribution in [3.05, 3.63) is 104 Å². The van der Waals surface area contributed by atoms with Crippen molar-refractivity contribution in [1.29, 1.82) is 10.5 Å². The van der Waals surface area contributed by atoms with E-state index in [2.05, 4.69) is 17.5 Å². The summed E-state index contributed by atoms with van der Waals surface area (Å²) in [5.74, 6) is 0. The summed E-state index contributed by atoms with van der Waals surface area (Å²) >= 11 is 0. The van der Waals surface area contributed by atoms with Crippen molar-refractivity contribution < 1.29 is 0 Å². The number of nitrogens with zero attached hydrogens (tertiary/aromatic N) is 4. The number of benzene rings is 2. The number of hydrogen-bond donors (Lipinski definition) is 1. The average Bonchev–Trinajstić information content (AvgIpc) is 2.92. The number of aryl methyl sites for hydroxylation is 2. The third-order valence-corrected chi connectivity index (χ3v) is 7.22. The molecular weight excluding hydrogens is 450 g/mol. The zero-order chi connectivity index (χ0) is 25.5. The van der Waals surface area contributed by atoms with E-state index in [1.165, 1.54) is 4.57 Å². The molecule has 1 N–H and O–H groups in total. The van der Waals surface area contributed by atoms with Gasteiger partial charge < -0.3 is 9.88 Å². The van der Waals surface area contributed by atoms with Crippen molar-refractivity contribution in [3.8, 4) is 12.1 Å². The zero-order valence-corrected chi connectivity index (χ0v) is 20.6. The summed E-state index contributed by atoms with van der Waals surface area (Å²) in [6.45, 7) is 3.26. The number of nitrogens with one attached hydrogen (secondary N) is 1. The molecule has 4 rings (SSSR count). The number of rotatable bonds is 8. The minimum absolute atomic E-state index is 0.251. The average molecular weight is 482 g/mol. The maximum atomic E-state index is 13.0. The van der Waals surface area contributed by atoms with Gasteiger partial charge in [0, 0.05) is 24.3 Å². The molecule has 0 amide bonds. The highest BCUT2D eigenvalue weighted by Gasteiger charge is 2.38. The second-order valence-corrected chi connectivity index (χ2v) is 9.60. The molecule has 0 radical (unpaired) electrons. The van der Waals surface area contributed by atoms with Crippen LogP contribution in [0.25, 0.3) is 0 Å². The van der Waals surface area contributed by atoms with Crippen LogP contribution < -0.4 is 16.6 Å². The van der Waals surface area contributed by atoms with Crippen LogP contribution in [0.5, 0.6) is 0 Å². The summed E-state index contributed by atoms with van der Waals surface area (Å²) in [4.78, 5) is 25.6. The predicted molar refractivity (Wildman–Crippen MR) is 139 cm³/mol. The first-order valence-corrected chi connectivity index (χ1v) is 12.5. The van der Waals surface area contributed by atoms with Gasteiger partial charge in [-0.05, 0) is 62.8 Å². The largest absolute Gasteiger partial charge is 0.331 e. The highest BCUT2D eigenvalue weighted by atomic mass is 16.2. The second-order valence-electron chi connectivity index (χ2n) is 9.60. The Morgan fingerprint density at radius 1 is 1.03 bits per heavy atom. The maximum absolute atomic E-state index is 13.0. The molecule has 1 heterocycles. The lowest BCUT2D eigenvalue weighted by Gasteiger charge is -2.36. The molecule has 7 heteroatoms. The van der Waals surface area contributed by atoms with Crippen LogP contribution in [0.4, 0.5) is 0 Å². The van der Waals surface area contributed by atoms with E-state index in [4.69, 9.17) is 0 Å². The summed E-state index contributed by atoms with van der Waals surface area (Å²) in [6, 6.07) is 22.0. The Kier molecular flexibility index (Phi) is 7.83. The van der Waals surface area contributed by atoms with Crippen molar-refractivity contribution >= 4 is 0 Å². The smallest absolute Gasteiger partial charge is 0.314 e. The SMILES string of the molecule is Cc1cn(CCCN[C@H]2CC[C@](C#N)(c3ccccc3C#N)CC2)c(=O)n(Cc2ccccc2)c1=O. The summed E-state index contributed by atoms with van der Waals surface area (Å²) in [5.41, 5.74) is 1.74. The van der Waals surface area contributed by atoms with Crippen molar-refractivity contribution in [3.63, 3.8) is 0 Å². The molecule has 1 aromatic heterocycles. The molecular formula is C29H31N5O2. The van der Waals surface area contributed by atoms with Crippen LogP contribution >= 0.6 is 0 Å². The van der Waals surface area contributed by atoms with Crippen molar-refractivity contribution in [2.24, 2.45) is 0 Å². The molecule has 1 saturated carbocycles. The molecule has 0 bridgehead atoms. The number of nitriles is 2. The molecule has 1 aliphatic rings. The van der Waals surface area contributed by atoms with E-state index in [1.807, 2.05) is 48.5 Å². The van der Waals surface area contributed by atoms with Gasteiger partial charge in [-0.25, -0.2) is 4.79 Å². The van der Waals surface area contributed by atoms with Gasteiger partial charge in [-0.1, -0.05) is 48.5 Å². The molecule has 2 aromatic carbocycles. The van der Waals surface area contributed by atoms with Gasteiger partial charge in [0.15, 0.2) is 0 Å². The molecule has 0 atom stereocenters. The Hall–Kier alpha value is -3.94. The zero-order valence-electron chi connectivity index (χ0n) is 20.6. The molecule has 0 unspecified atom stereocenters. The Labute approximate surface area is 211 Å². The van der Waals surface area contributed by atoms with Gasteiger partial charge in [-0.2, -0.15) is 10.5 Å². The first-order chi connectivity index (χ1) is 17.5. The lowest BCUT2D eigenvalue weighted by molar-refractivity contribution is 0.293. The lowest BCUT2D eigenvalue weighted by Crippen LogP contribution is -2.42. The summed E-state index contributed by atoms with van der Waals surface area (Å²) in [5, 5.41) is 23.0. The molecule has 36 heavy (non-hydrogen) atoms. The molecule has 3 aromatic rings. The van der Waals surface area contributed by atoms with E-state index in [-0.39, 0.29) is 17.8 Å². The monoisotopic (exact) mass is 481 g/mol. The minimum Gasteiger partial charge on any atom is -0.314 e. The van der Waals surface area contributed by atoms with Crippen molar-refractivity contribution in [2.75, 3.05) is 6.54 Å². The lowest BCUT2D eigenvalue weighted by atomic mass is 9.68. The third-order valence-electron chi connectivity index (χ3n) is 7.22. The van der Waals surface area contributed by atoms with Gasteiger partial charge >= 0.3 is 5.69 Å². The van der Waals surface area contributed by atoms with Gasteiger partial charge in [0.1, 0.15) is 0 Å². The fourth-order valence-corrected chi connectivity index (χ4v) is 5.17. The predicted octanol–water partition coefficient (Wildman–Crippen LogP) is 3.62. The van der Waals surface area contributed by atoms with Crippen LogP contribution in [0.15, 0.2) is 70.4 Å². The van der Waals surface area contributed by atoms with Gasteiger partial charge in [0.25, 0.3) is 5.56 Å². The Bertz CT molecular complexity index is 1400. The van der Waals surface area contributed by atoms with Crippen LogP contribution in [0.1, 0.15) is 54.4 Å². The molecule has 7 nitrogen and oxygen atoms in total. The Morgan fingerprint density at radius 3 is 2.42 bits per heavy atom. The van der Waals surface area contributed by atoms with Crippen LogP contribution in [-0.2, 0) is 18.5 Å². The fourth-order valence-electron chi connectivity index (χ4n) is 5.17. The van der Waals surface area contributed by atoms with Gasteiger partial charge in [-0.3, -0.25) is 9.36 Å². The quantitative estimate of drug-likeness (QED) is 0.495. The first kappa shape index (κ1) is 25.2. The molecule has 0 spiro atoms. The fraction of sp³-hybridized carbons (Fsp3) is 0.379. The number of hydrogen-bond acceptors (Lipinski definition) is 5. The normalized spacial score (nSPS) is 19.4. The van der Waals surface area contributed by atoms with E-state index in [0.29, 0.717) is 36.6 Å². The maximum Gasteiger partial charge on any atom is 0.331 e. The first-order valence-electron chi connectivity index (χ1n) is 12.5. The van der Waals surface area contributed by atoms with E-state index >= 15 is 0 Å². The minimum atomic E-state index is -0.609. The van der Waals surface area contributed by atoms with E-state index in [9.17, 15) is 20.1 Å². The summed E-state index contributed by atoms with van der Waals surface area (Å²) < 4.78 is 2.93. The summed E-state index contributed by atoms with van der Waals surface area (Å²) in [7, 11) is 0. The Balaban J connectivity index is 1.34.